The number of aliphatic carboxylic acids is 1. The van der Waals surface area contributed by atoms with E-state index in [9.17, 15) is 14.4 Å². The molecule has 148 valence electrons. The van der Waals surface area contributed by atoms with Gasteiger partial charge in [0.1, 0.15) is 0 Å². The zero-order valence-corrected chi connectivity index (χ0v) is 15.8. The molecule has 0 heterocycles. The van der Waals surface area contributed by atoms with Crippen LogP contribution in [0.25, 0.3) is 0 Å². The van der Waals surface area contributed by atoms with Crippen LogP contribution in [0.5, 0.6) is 0 Å². The van der Waals surface area contributed by atoms with Crippen molar-refractivity contribution in [2.75, 3.05) is 13.2 Å². The zero-order valence-electron chi connectivity index (χ0n) is 16.8. The highest BCUT2D eigenvalue weighted by Crippen LogP contribution is 2.26. The highest BCUT2D eigenvalue weighted by atomic mass is 16.6. The maximum Gasteiger partial charge on any atom is 0.344 e. The van der Waals surface area contributed by atoms with Gasteiger partial charge < -0.3 is 20.4 Å². The van der Waals surface area contributed by atoms with Crippen LogP contribution in [0.1, 0.15) is 38.3 Å². The molecule has 1 aromatic carbocycles. The maximum absolute atomic E-state index is 11.9. The molecule has 0 saturated heterocycles. The fraction of sp³-hybridized carbons (Fsp3) is 0.474. The van der Waals surface area contributed by atoms with Crippen molar-refractivity contribution < 1.29 is 30.5 Å². The van der Waals surface area contributed by atoms with Crippen LogP contribution in [-0.2, 0) is 36.8 Å². The summed E-state index contributed by atoms with van der Waals surface area (Å²) < 4.78 is 11.8. The molecule has 0 aliphatic carbocycles. The average Bonchev–Trinajstić information content (AvgIpc) is 2.62. The second kappa shape index (κ2) is 10.3. The summed E-state index contributed by atoms with van der Waals surface area (Å²) in [5, 5.41) is 12.6. The lowest BCUT2D eigenvalue weighted by Gasteiger charge is -2.26. The smallest absolute Gasteiger partial charge is 0.344 e. The van der Waals surface area contributed by atoms with Crippen molar-refractivity contribution in [3.63, 3.8) is 0 Å². The number of oxime groups is 1. The van der Waals surface area contributed by atoms with Gasteiger partial charge >= 0.3 is 11.9 Å². The van der Waals surface area contributed by atoms with Gasteiger partial charge in [0, 0.05) is 5.41 Å². The van der Waals surface area contributed by atoms with E-state index in [1.165, 1.54) is 0 Å². The minimum Gasteiger partial charge on any atom is -0.479 e. The summed E-state index contributed by atoms with van der Waals surface area (Å²) in [4.78, 5) is 38.7. The summed E-state index contributed by atoms with van der Waals surface area (Å²) in [6.45, 7) is 5.07. The molecule has 0 aromatic heterocycles. The Morgan fingerprint density at radius 3 is 2.41 bits per heavy atom. The van der Waals surface area contributed by atoms with Gasteiger partial charge in [0.05, 0.1) is 25.2 Å². The summed E-state index contributed by atoms with van der Waals surface area (Å²) in [5.74, 6) is -2.03. The summed E-state index contributed by atoms with van der Waals surface area (Å²) in [6.07, 6.45) is 0.514. The number of nitrogens with zero attached hydrogens (tertiary/aromatic N) is 1. The lowest BCUT2D eigenvalue weighted by atomic mass is 9.79. The molecule has 1 aromatic rings. The molecule has 0 atom stereocenters. The Morgan fingerprint density at radius 2 is 1.85 bits per heavy atom. The number of esters is 1. The lowest BCUT2D eigenvalue weighted by Crippen LogP contribution is -2.30. The van der Waals surface area contributed by atoms with E-state index in [1.807, 2.05) is 31.7 Å². The number of primary amides is 1. The third kappa shape index (κ3) is 8.35. The van der Waals surface area contributed by atoms with E-state index in [-0.39, 0.29) is 19.4 Å². The fourth-order valence-electron chi connectivity index (χ4n) is 2.48. The Labute approximate surface area is 159 Å². The molecule has 0 fully saturated rings. The van der Waals surface area contributed by atoms with Crippen molar-refractivity contribution in [1.29, 1.82) is 0 Å². The second-order valence-electron chi connectivity index (χ2n) is 6.66. The number of rotatable bonds is 11. The molecule has 0 bridgehead atoms. The van der Waals surface area contributed by atoms with Gasteiger partial charge in [-0.25, -0.2) is 4.79 Å². The third-order valence-corrected chi connectivity index (χ3v) is 3.79. The lowest BCUT2D eigenvalue weighted by molar-refractivity contribution is -0.142. The van der Waals surface area contributed by atoms with Gasteiger partial charge in [-0.1, -0.05) is 43.3 Å². The number of ether oxygens (including phenoxy) is 1. The molecule has 1 rings (SSSR count). The topological polar surface area (TPSA) is 128 Å². The van der Waals surface area contributed by atoms with Crippen LogP contribution in [0.3, 0.4) is 0 Å². The molecule has 0 unspecified atom stereocenters. The highest BCUT2D eigenvalue weighted by molar-refractivity contribution is 6.01. The highest BCUT2D eigenvalue weighted by Gasteiger charge is 2.29. The van der Waals surface area contributed by atoms with E-state index in [0.29, 0.717) is 12.1 Å². The van der Waals surface area contributed by atoms with E-state index >= 15 is 0 Å². The Balaban J connectivity index is 2.92. The number of carbonyl (C=O) groups excluding carboxylic acids is 2. The average molecular weight is 379 g/mol. The van der Waals surface area contributed by atoms with E-state index in [4.69, 9.17) is 16.1 Å². The maximum atomic E-state index is 11.9. The molecular weight excluding hydrogens is 352 g/mol. The van der Waals surface area contributed by atoms with Crippen LogP contribution in [0, 0.1) is 5.41 Å². The van der Waals surface area contributed by atoms with Gasteiger partial charge in [0.15, 0.2) is 1.41 Å². The third-order valence-electron chi connectivity index (χ3n) is 3.79. The Kier molecular flexibility index (Phi) is 7.79. The number of nitrogens with two attached hydrogens (primary N) is 1. The van der Waals surface area contributed by atoms with Gasteiger partial charge in [-0.05, 0) is 24.5 Å². The Hall–Kier alpha value is -2.90. The SMILES string of the molecule is [2H]NC(=O)Cc1ccc(CC(C)(C)/C(CC(=O)OCC)=N/OCC(=O)O)cc1. The summed E-state index contributed by atoms with van der Waals surface area (Å²) >= 11 is 0. The van der Waals surface area contributed by atoms with Crippen molar-refractivity contribution in [2.24, 2.45) is 16.3 Å². The van der Waals surface area contributed by atoms with E-state index in [1.54, 1.807) is 19.1 Å². The van der Waals surface area contributed by atoms with Crippen molar-refractivity contribution in [3.8, 4) is 0 Å². The first-order valence-electron chi connectivity index (χ1n) is 9.03. The number of hydrogen-bond acceptors (Lipinski definition) is 6. The summed E-state index contributed by atoms with van der Waals surface area (Å²) in [5.41, 5.74) is 3.32. The Bertz CT molecular complexity index is 716. The van der Waals surface area contributed by atoms with Gasteiger partial charge in [0.25, 0.3) is 0 Å². The molecule has 0 saturated carbocycles. The monoisotopic (exact) mass is 379 g/mol. The number of carboxylic acid groups (broad SMARTS) is 1. The first kappa shape index (κ1) is 20.4. The van der Waals surface area contributed by atoms with E-state index in [0.717, 1.165) is 11.1 Å². The molecular formula is C19H26N2O6. The first-order valence-corrected chi connectivity index (χ1v) is 8.53. The normalized spacial score (nSPS) is 12.1. The van der Waals surface area contributed by atoms with Crippen molar-refractivity contribution in [1.82, 2.24) is 0 Å². The number of carboxylic acids is 1. The zero-order chi connectivity index (χ0) is 21.2. The summed E-state index contributed by atoms with van der Waals surface area (Å²) in [7, 11) is 0. The van der Waals surface area contributed by atoms with Gasteiger partial charge in [0.2, 0.25) is 12.5 Å². The van der Waals surface area contributed by atoms with Crippen LogP contribution in [0.15, 0.2) is 29.4 Å². The van der Waals surface area contributed by atoms with Crippen molar-refractivity contribution >= 4 is 23.6 Å². The number of carbonyl (C=O) groups is 3. The second-order valence-corrected chi connectivity index (χ2v) is 6.66. The van der Waals surface area contributed by atoms with Crippen LogP contribution in [-0.4, -0.2) is 41.9 Å². The van der Waals surface area contributed by atoms with Gasteiger partial charge in [-0.3, -0.25) is 9.59 Å². The molecule has 27 heavy (non-hydrogen) atoms. The van der Waals surface area contributed by atoms with Gasteiger partial charge in [-0.2, -0.15) is 0 Å². The number of benzene rings is 1. The number of amides is 1. The molecule has 1 amide bonds. The Morgan fingerprint density at radius 1 is 1.22 bits per heavy atom. The molecule has 0 spiro atoms. The molecule has 0 radical (unpaired) electrons. The van der Waals surface area contributed by atoms with Crippen LogP contribution in [0.2, 0.25) is 1.41 Å². The minimum atomic E-state index is -1.16. The number of hydrogen-bond donors (Lipinski definition) is 2. The molecule has 0 aliphatic heterocycles. The largest absolute Gasteiger partial charge is 0.479 e. The fourth-order valence-corrected chi connectivity index (χ4v) is 2.48. The molecule has 3 N–H and O–H groups in total. The van der Waals surface area contributed by atoms with Crippen molar-refractivity contribution in [3.05, 3.63) is 35.4 Å². The van der Waals surface area contributed by atoms with Gasteiger partial charge in [-0.15, -0.1) is 0 Å². The van der Waals surface area contributed by atoms with Crippen molar-refractivity contribution in [2.45, 2.75) is 40.0 Å². The standard InChI is InChI=1S/C19H26N2O6/c1-4-26-18(25)10-15(21-27-12-17(23)24)19(2,3)11-14-7-5-13(6-8-14)9-16(20)22/h5-8H,4,9-12H2,1-3H3,(H2,20,22)(H,23,24)/b21-15+/i/hD. The van der Waals surface area contributed by atoms with Crippen LogP contribution in [0.4, 0.5) is 0 Å². The minimum absolute atomic E-state index is 0.109. The first-order chi connectivity index (χ1) is 13.2. The molecule has 0 aliphatic rings. The van der Waals surface area contributed by atoms with Crippen LogP contribution < -0.4 is 5.73 Å². The molecule has 8 heteroatoms. The van der Waals surface area contributed by atoms with Crippen LogP contribution >= 0.6 is 0 Å². The summed E-state index contributed by atoms with van der Waals surface area (Å²) in [6, 6.07) is 7.30. The predicted molar refractivity (Wildman–Crippen MR) is 99.1 cm³/mol. The molecule has 8 nitrogen and oxygen atoms in total. The quantitative estimate of drug-likeness (QED) is 0.342. The van der Waals surface area contributed by atoms with E-state index in [2.05, 4.69) is 5.16 Å². The van der Waals surface area contributed by atoms with E-state index < -0.39 is 29.9 Å². The predicted octanol–water partition coefficient (Wildman–Crippen LogP) is 1.69.